The van der Waals surface area contributed by atoms with Gasteiger partial charge in [-0.2, -0.15) is 15.1 Å². The van der Waals surface area contributed by atoms with Crippen molar-refractivity contribution in [3.05, 3.63) is 11.5 Å². The van der Waals surface area contributed by atoms with E-state index < -0.39 is 36.4 Å². The molecule has 3 aliphatic rings. The fraction of sp³-hybridized carbons (Fsp3) is 0.700. The number of halogens is 1. The number of ether oxygens (including phenoxy) is 4. The van der Waals surface area contributed by atoms with Crippen LogP contribution in [0.2, 0.25) is 5.28 Å². The molecule has 0 unspecified atom stereocenters. The summed E-state index contributed by atoms with van der Waals surface area (Å²) < 4.78 is 24.6. The van der Waals surface area contributed by atoms with Gasteiger partial charge >= 0.3 is 5.97 Å². The van der Waals surface area contributed by atoms with Crippen molar-refractivity contribution in [2.75, 3.05) is 25.2 Å². The average molecular weight is 468 g/mol. The topological polar surface area (TPSA) is 121 Å². The summed E-state index contributed by atoms with van der Waals surface area (Å²) in [7, 11) is 1.38. The zero-order valence-corrected chi connectivity index (χ0v) is 18.9. The van der Waals surface area contributed by atoms with Crippen molar-refractivity contribution < 1.29 is 28.8 Å². The van der Waals surface area contributed by atoms with E-state index in [0.29, 0.717) is 29.8 Å². The van der Waals surface area contributed by atoms with Crippen LogP contribution in [0.3, 0.4) is 0 Å². The summed E-state index contributed by atoms with van der Waals surface area (Å²) in [5, 5.41) is 15.0. The van der Waals surface area contributed by atoms with Gasteiger partial charge in [0, 0.05) is 6.54 Å². The monoisotopic (exact) mass is 467 g/mol. The van der Waals surface area contributed by atoms with Gasteiger partial charge in [-0.05, 0) is 44.7 Å². The molecule has 2 aromatic rings. The second-order valence-corrected chi connectivity index (χ2v) is 9.02. The first-order valence-electron chi connectivity index (χ1n) is 10.7. The number of rotatable bonds is 4. The van der Waals surface area contributed by atoms with Crippen molar-refractivity contribution in [1.29, 1.82) is 0 Å². The molecule has 0 radical (unpaired) electrons. The van der Waals surface area contributed by atoms with Gasteiger partial charge in [0.15, 0.2) is 17.7 Å². The number of carbonyl (C=O) groups is 1. The smallest absolute Gasteiger partial charge is 0.328 e. The third kappa shape index (κ3) is 3.52. The largest absolute Gasteiger partial charge is 0.467 e. The Hall–Kier alpha value is -2.05. The van der Waals surface area contributed by atoms with Crippen LogP contribution in [0.1, 0.15) is 39.3 Å². The Balaban J connectivity index is 1.56. The molecule has 0 saturated carbocycles. The van der Waals surface area contributed by atoms with Crippen LogP contribution in [0.4, 0.5) is 5.82 Å². The summed E-state index contributed by atoms with van der Waals surface area (Å²) in [6.45, 7) is 4.05. The van der Waals surface area contributed by atoms with E-state index in [0.717, 1.165) is 12.8 Å². The van der Waals surface area contributed by atoms with Crippen LogP contribution in [-0.4, -0.2) is 81.2 Å². The van der Waals surface area contributed by atoms with Gasteiger partial charge in [0.05, 0.1) is 25.3 Å². The van der Waals surface area contributed by atoms with Crippen molar-refractivity contribution in [3.8, 4) is 0 Å². The number of nitrogens with zero attached hydrogens (tertiary/aromatic N) is 5. The van der Waals surface area contributed by atoms with Crippen LogP contribution < -0.4 is 4.90 Å². The van der Waals surface area contributed by atoms with Gasteiger partial charge in [0.25, 0.3) is 0 Å². The third-order valence-electron chi connectivity index (χ3n) is 6.20. The Kier molecular flexibility index (Phi) is 5.49. The molecule has 32 heavy (non-hydrogen) atoms. The van der Waals surface area contributed by atoms with E-state index >= 15 is 0 Å². The molecule has 0 aliphatic carbocycles. The Bertz CT molecular complexity index is 1030. The number of carbonyl (C=O) groups excluding carboxylic acids is 1. The van der Waals surface area contributed by atoms with Crippen LogP contribution in [0.15, 0.2) is 6.20 Å². The lowest BCUT2D eigenvalue weighted by Gasteiger charge is -2.34. The third-order valence-corrected chi connectivity index (χ3v) is 6.37. The van der Waals surface area contributed by atoms with Gasteiger partial charge in [-0.3, -0.25) is 0 Å². The molecule has 3 fully saturated rings. The standard InChI is InChI=1S/C20H26ClN5O6/c1-20(2)31-13-12(9-27)30-17(14(13)32-20)26-16-10(8-22-26)15(23-19(21)24-16)25-7-5-4-6-11(25)18(28)29-3/h8,11-14,17,27H,4-7,9H2,1-3H3/t11-,12-,13-,14-,17-/m1/s1. The van der Waals surface area contributed by atoms with E-state index in [1.54, 1.807) is 10.9 Å². The number of aromatic nitrogens is 4. The molecular formula is C20H26ClN5O6. The zero-order valence-electron chi connectivity index (χ0n) is 18.1. The molecule has 5 rings (SSSR count). The Morgan fingerprint density at radius 1 is 1.31 bits per heavy atom. The van der Waals surface area contributed by atoms with Gasteiger partial charge in [-0.15, -0.1) is 0 Å². The fourth-order valence-corrected chi connectivity index (χ4v) is 5.02. The van der Waals surface area contributed by atoms with Crippen molar-refractivity contribution in [2.45, 2.75) is 69.5 Å². The first kappa shape index (κ1) is 21.8. The maximum atomic E-state index is 12.4. The summed E-state index contributed by atoms with van der Waals surface area (Å²) in [6, 6.07) is -0.454. The van der Waals surface area contributed by atoms with Gasteiger partial charge < -0.3 is 29.0 Å². The van der Waals surface area contributed by atoms with Gasteiger partial charge in [0.2, 0.25) is 5.28 Å². The predicted octanol–water partition coefficient (Wildman–Crippen LogP) is 1.42. The van der Waals surface area contributed by atoms with Crippen molar-refractivity contribution >= 4 is 34.4 Å². The summed E-state index contributed by atoms with van der Waals surface area (Å²) in [4.78, 5) is 23.1. The molecule has 5 heterocycles. The van der Waals surface area contributed by atoms with Gasteiger partial charge in [-0.1, -0.05) is 0 Å². The summed E-state index contributed by atoms with van der Waals surface area (Å²) in [6.07, 6.45) is 1.97. The molecule has 12 heteroatoms. The lowest BCUT2D eigenvalue weighted by atomic mass is 10.0. The number of hydrogen-bond donors (Lipinski definition) is 1. The van der Waals surface area contributed by atoms with Crippen LogP contribution in [-0.2, 0) is 23.7 Å². The van der Waals surface area contributed by atoms with Gasteiger partial charge in [-0.25, -0.2) is 9.48 Å². The molecule has 174 valence electrons. The lowest BCUT2D eigenvalue weighted by molar-refractivity contribution is -0.201. The van der Waals surface area contributed by atoms with Crippen molar-refractivity contribution in [2.24, 2.45) is 0 Å². The Morgan fingerprint density at radius 3 is 2.84 bits per heavy atom. The van der Waals surface area contributed by atoms with Crippen LogP contribution in [0, 0.1) is 0 Å². The fourth-order valence-electron chi connectivity index (χ4n) is 4.86. The number of piperidine rings is 1. The van der Waals surface area contributed by atoms with E-state index in [-0.39, 0.29) is 17.9 Å². The van der Waals surface area contributed by atoms with E-state index in [1.807, 2.05) is 18.7 Å². The first-order chi connectivity index (χ1) is 15.3. The number of aliphatic hydroxyl groups excluding tert-OH is 1. The SMILES string of the molecule is COC(=O)[C@H]1CCCCN1c1nc(Cl)nc2c1cnn2[C@@H]1O[C@H](CO)[C@H]2OC(C)(C)O[C@H]21. The second-order valence-electron chi connectivity index (χ2n) is 8.68. The Morgan fingerprint density at radius 2 is 2.09 bits per heavy atom. The maximum Gasteiger partial charge on any atom is 0.328 e. The first-order valence-corrected chi connectivity index (χ1v) is 11.1. The molecule has 0 aromatic carbocycles. The molecule has 11 nitrogen and oxygen atoms in total. The van der Waals surface area contributed by atoms with E-state index in [2.05, 4.69) is 15.1 Å². The van der Waals surface area contributed by atoms with E-state index in [1.165, 1.54) is 7.11 Å². The van der Waals surface area contributed by atoms with Gasteiger partial charge in [0.1, 0.15) is 30.2 Å². The molecule has 2 aromatic heterocycles. The van der Waals surface area contributed by atoms with E-state index in [9.17, 15) is 9.90 Å². The zero-order chi connectivity index (χ0) is 22.6. The molecule has 3 aliphatic heterocycles. The number of methoxy groups -OCH3 is 1. The van der Waals surface area contributed by atoms with Crippen LogP contribution >= 0.6 is 11.6 Å². The highest BCUT2D eigenvalue weighted by Gasteiger charge is 2.56. The lowest BCUT2D eigenvalue weighted by Crippen LogP contribution is -2.46. The molecule has 0 bridgehead atoms. The average Bonchev–Trinajstić information content (AvgIpc) is 3.42. The van der Waals surface area contributed by atoms with E-state index in [4.69, 9.17) is 30.5 Å². The molecule has 0 amide bonds. The predicted molar refractivity (Wildman–Crippen MR) is 112 cm³/mol. The summed E-state index contributed by atoms with van der Waals surface area (Å²) >= 11 is 6.31. The highest BCUT2D eigenvalue weighted by atomic mass is 35.5. The summed E-state index contributed by atoms with van der Waals surface area (Å²) in [5.74, 6) is -0.599. The van der Waals surface area contributed by atoms with Crippen molar-refractivity contribution in [1.82, 2.24) is 19.7 Å². The number of fused-ring (bicyclic) bond motifs is 2. The second kappa shape index (κ2) is 8.07. The minimum absolute atomic E-state index is 0.0283. The number of hydrogen-bond acceptors (Lipinski definition) is 10. The quantitative estimate of drug-likeness (QED) is 0.521. The summed E-state index contributed by atoms with van der Waals surface area (Å²) in [5.41, 5.74) is 0.449. The normalized spacial score (nSPS) is 31.8. The number of esters is 1. The minimum Gasteiger partial charge on any atom is -0.467 e. The van der Waals surface area contributed by atoms with Crippen LogP contribution in [0.25, 0.3) is 11.0 Å². The molecule has 3 saturated heterocycles. The number of aliphatic hydroxyl groups is 1. The maximum absolute atomic E-state index is 12.4. The highest BCUT2D eigenvalue weighted by Crippen LogP contribution is 2.44. The van der Waals surface area contributed by atoms with Crippen LogP contribution in [0.5, 0.6) is 0 Å². The molecular weight excluding hydrogens is 442 g/mol. The molecule has 1 N–H and O–H groups in total. The number of anilines is 1. The minimum atomic E-state index is -0.812. The molecule has 5 atom stereocenters. The highest BCUT2D eigenvalue weighted by molar-refractivity contribution is 6.28. The molecule has 0 spiro atoms. The van der Waals surface area contributed by atoms with Crippen molar-refractivity contribution in [3.63, 3.8) is 0 Å². The Labute approximate surface area is 189 Å².